The quantitative estimate of drug-likeness (QED) is 0.922. The van der Waals surface area contributed by atoms with Gasteiger partial charge in [-0.3, -0.25) is 4.90 Å². The zero-order valence-electron chi connectivity index (χ0n) is 13.7. The fourth-order valence-corrected chi connectivity index (χ4v) is 2.60. The van der Waals surface area contributed by atoms with Crippen molar-refractivity contribution < 1.29 is 9.84 Å². The Morgan fingerprint density at radius 3 is 2.67 bits per heavy atom. The first kappa shape index (κ1) is 16.3. The highest BCUT2D eigenvalue weighted by molar-refractivity contribution is 5.53. The maximum Gasteiger partial charge on any atom is 0.0900 e. The number of hydrogen-bond acceptors (Lipinski definition) is 4. The van der Waals surface area contributed by atoms with Crippen LogP contribution in [0.25, 0.3) is 0 Å². The molecular formula is C17H28N2O2. The molecule has 0 amide bonds. The van der Waals surface area contributed by atoms with Crippen LogP contribution in [0.1, 0.15) is 26.3 Å². The van der Waals surface area contributed by atoms with Crippen molar-refractivity contribution in [3.8, 4) is 0 Å². The van der Waals surface area contributed by atoms with Crippen molar-refractivity contribution in [2.24, 2.45) is 0 Å². The molecule has 1 aliphatic heterocycles. The number of anilines is 1. The molecule has 1 aromatic rings. The Hall–Kier alpha value is -1.10. The summed E-state index contributed by atoms with van der Waals surface area (Å²) in [5.41, 5.74) is 2.41. The average Bonchev–Trinajstić information content (AvgIpc) is 2.56. The molecule has 0 radical (unpaired) electrons. The fourth-order valence-electron chi connectivity index (χ4n) is 2.60. The second kappa shape index (κ2) is 6.77. The smallest absolute Gasteiger partial charge is 0.0900 e. The van der Waals surface area contributed by atoms with E-state index in [0.29, 0.717) is 13.2 Å². The lowest BCUT2D eigenvalue weighted by Gasteiger charge is -2.26. The van der Waals surface area contributed by atoms with Crippen molar-refractivity contribution in [1.29, 1.82) is 0 Å². The van der Waals surface area contributed by atoms with Crippen LogP contribution in [0.4, 0.5) is 5.69 Å². The monoisotopic (exact) mass is 292 g/mol. The van der Waals surface area contributed by atoms with Crippen LogP contribution in [0.5, 0.6) is 0 Å². The number of β-amino-alcohol motifs (C(OH)–C–C–N with tert-alkyl or cyclic N) is 1. The second-order valence-corrected chi connectivity index (χ2v) is 6.86. The van der Waals surface area contributed by atoms with Crippen molar-refractivity contribution in [3.63, 3.8) is 0 Å². The normalized spacial score (nSPS) is 18.2. The molecule has 1 atom stereocenters. The van der Waals surface area contributed by atoms with E-state index < -0.39 is 6.10 Å². The first-order valence-electron chi connectivity index (χ1n) is 7.68. The molecule has 1 N–H and O–H groups in total. The standard InChI is InChI=1S/C17H28N2O2/c1-17(2,3)21-13-15(20)12-19-10-9-18(4)16-8-6-5-7-14(16)11-19/h5-8,15,20H,9-13H2,1-4H3/t15-/m1/s1. The highest BCUT2D eigenvalue weighted by Gasteiger charge is 2.20. The number of fused-ring (bicyclic) bond motifs is 1. The Morgan fingerprint density at radius 2 is 1.95 bits per heavy atom. The predicted octanol–water partition coefficient (Wildman–Crippen LogP) is 2.11. The number of rotatable bonds is 4. The van der Waals surface area contributed by atoms with E-state index in [0.717, 1.165) is 19.6 Å². The van der Waals surface area contributed by atoms with E-state index >= 15 is 0 Å². The molecule has 0 aliphatic carbocycles. The van der Waals surface area contributed by atoms with Gasteiger partial charge >= 0.3 is 0 Å². The van der Waals surface area contributed by atoms with Crippen molar-refractivity contribution in [3.05, 3.63) is 29.8 Å². The van der Waals surface area contributed by atoms with E-state index in [9.17, 15) is 5.11 Å². The fraction of sp³-hybridized carbons (Fsp3) is 0.647. The lowest BCUT2D eigenvalue weighted by molar-refractivity contribution is -0.0563. The summed E-state index contributed by atoms with van der Waals surface area (Å²) in [6.07, 6.45) is -0.445. The van der Waals surface area contributed by atoms with Crippen LogP contribution in [0, 0.1) is 0 Å². The minimum absolute atomic E-state index is 0.202. The van der Waals surface area contributed by atoms with E-state index in [1.807, 2.05) is 20.8 Å². The Morgan fingerprint density at radius 1 is 1.24 bits per heavy atom. The minimum Gasteiger partial charge on any atom is -0.389 e. The lowest BCUT2D eigenvalue weighted by atomic mass is 10.1. The van der Waals surface area contributed by atoms with Gasteiger partial charge in [0.25, 0.3) is 0 Å². The van der Waals surface area contributed by atoms with Gasteiger partial charge in [0.1, 0.15) is 0 Å². The molecule has 0 saturated carbocycles. The highest BCUT2D eigenvalue weighted by atomic mass is 16.5. The summed E-state index contributed by atoms with van der Waals surface area (Å²) in [5, 5.41) is 10.2. The SMILES string of the molecule is CN1CCN(C[C@@H](O)COC(C)(C)C)Cc2ccccc21. The molecular weight excluding hydrogens is 264 g/mol. The molecule has 0 bridgehead atoms. The van der Waals surface area contributed by atoms with Crippen LogP contribution in [0.2, 0.25) is 0 Å². The Kier molecular flexibility index (Phi) is 5.25. The molecule has 1 aliphatic rings. The summed E-state index contributed by atoms with van der Waals surface area (Å²) in [6, 6.07) is 8.49. The number of aliphatic hydroxyl groups excluding tert-OH is 1. The summed E-state index contributed by atoms with van der Waals surface area (Å²) < 4.78 is 5.67. The number of benzene rings is 1. The van der Waals surface area contributed by atoms with Crippen molar-refractivity contribution >= 4 is 5.69 Å². The van der Waals surface area contributed by atoms with Crippen molar-refractivity contribution in [2.45, 2.75) is 39.0 Å². The molecule has 0 unspecified atom stereocenters. The summed E-state index contributed by atoms with van der Waals surface area (Å²) in [7, 11) is 2.13. The summed E-state index contributed by atoms with van der Waals surface area (Å²) in [5.74, 6) is 0. The third-order valence-electron chi connectivity index (χ3n) is 3.73. The number of aliphatic hydroxyl groups is 1. The Labute approximate surface area is 128 Å². The van der Waals surface area contributed by atoms with Gasteiger partial charge in [-0.05, 0) is 32.4 Å². The van der Waals surface area contributed by atoms with E-state index in [1.54, 1.807) is 0 Å². The first-order valence-corrected chi connectivity index (χ1v) is 7.68. The molecule has 2 rings (SSSR count). The van der Waals surface area contributed by atoms with Gasteiger partial charge in [-0.25, -0.2) is 0 Å². The van der Waals surface area contributed by atoms with E-state index in [1.165, 1.54) is 11.3 Å². The highest BCUT2D eigenvalue weighted by Crippen LogP contribution is 2.23. The molecule has 1 heterocycles. The van der Waals surface area contributed by atoms with E-state index in [-0.39, 0.29) is 5.60 Å². The zero-order chi connectivity index (χ0) is 15.5. The van der Waals surface area contributed by atoms with E-state index in [4.69, 9.17) is 4.74 Å². The first-order chi connectivity index (χ1) is 9.85. The average molecular weight is 292 g/mol. The Balaban J connectivity index is 1.93. The molecule has 1 aromatic carbocycles. The van der Waals surface area contributed by atoms with Gasteiger partial charge in [-0.15, -0.1) is 0 Å². The molecule has 0 spiro atoms. The van der Waals surface area contributed by atoms with Crippen LogP contribution >= 0.6 is 0 Å². The summed E-state index contributed by atoms with van der Waals surface area (Å²) >= 11 is 0. The van der Waals surface area contributed by atoms with Crippen LogP contribution in [-0.4, -0.2) is 55.0 Å². The molecule has 0 saturated heterocycles. The van der Waals surface area contributed by atoms with Gasteiger partial charge in [-0.2, -0.15) is 0 Å². The number of ether oxygens (including phenoxy) is 1. The number of nitrogens with zero attached hydrogens (tertiary/aromatic N) is 2. The van der Waals surface area contributed by atoms with Crippen LogP contribution in [0.3, 0.4) is 0 Å². The number of hydrogen-bond donors (Lipinski definition) is 1. The lowest BCUT2D eigenvalue weighted by Crippen LogP contribution is -2.38. The van der Waals surface area contributed by atoms with Gasteiger partial charge < -0.3 is 14.7 Å². The number of para-hydroxylation sites is 1. The number of likely N-dealkylation sites (N-methyl/N-ethyl adjacent to an activating group) is 1. The topological polar surface area (TPSA) is 35.9 Å². The molecule has 4 nitrogen and oxygen atoms in total. The van der Waals surface area contributed by atoms with Crippen molar-refractivity contribution in [2.75, 3.05) is 38.2 Å². The molecule has 0 fully saturated rings. The summed E-state index contributed by atoms with van der Waals surface area (Å²) in [6.45, 7) is 9.88. The van der Waals surface area contributed by atoms with Gasteiger partial charge in [0.05, 0.1) is 18.3 Å². The molecule has 118 valence electrons. The van der Waals surface area contributed by atoms with Gasteiger partial charge in [-0.1, -0.05) is 18.2 Å². The van der Waals surface area contributed by atoms with Gasteiger partial charge in [0.15, 0.2) is 0 Å². The van der Waals surface area contributed by atoms with Crippen molar-refractivity contribution in [1.82, 2.24) is 4.90 Å². The predicted molar refractivity (Wildman–Crippen MR) is 86.7 cm³/mol. The van der Waals surface area contributed by atoms with Crippen LogP contribution in [-0.2, 0) is 11.3 Å². The third kappa shape index (κ3) is 4.99. The molecule has 0 aromatic heterocycles. The molecule has 4 heteroatoms. The van der Waals surface area contributed by atoms with Crippen LogP contribution in [0.15, 0.2) is 24.3 Å². The second-order valence-electron chi connectivity index (χ2n) is 6.86. The van der Waals surface area contributed by atoms with Crippen LogP contribution < -0.4 is 4.90 Å². The van der Waals surface area contributed by atoms with E-state index in [2.05, 4.69) is 41.1 Å². The Bertz CT molecular complexity index is 456. The largest absolute Gasteiger partial charge is 0.389 e. The molecule has 21 heavy (non-hydrogen) atoms. The maximum absolute atomic E-state index is 10.2. The van der Waals surface area contributed by atoms with Gasteiger partial charge in [0.2, 0.25) is 0 Å². The minimum atomic E-state index is -0.445. The van der Waals surface area contributed by atoms with Gasteiger partial charge in [0, 0.05) is 38.9 Å². The maximum atomic E-state index is 10.2. The third-order valence-corrected chi connectivity index (χ3v) is 3.73. The zero-order valence-corrected chi connectivity index (χ0v) is 13.7. The summed E-state index contributed by atoms with van der Waals surface area (Å²) in [4.78, 5) is 4.59.